The van der Waals surface area contributed by atoms with Crippen molar-refractivity contribution in [3.63, 3.8) is 0 Å². The van der Waals surface area contributed by atoms with Gasteiger partial charge in [-0.3, -0.25) is 14.9 Å². The quantitative estimate of drug-likeness (QED) is 0.926. The molecule has 0 saturated carbocycles. The molecule has 6 heteroatoms. The molecule has 2 aromatic rings. The average molecular weight is 299 g/mol. The van der Waals surface area contributed by atoms with E-state index in [4.69, 9.17) is 0 Å². The van der Waals surface area contributed by atoms with Crippen molar-refractivity contribution in [1.29, 1.82) is 0 Å². The number of hydrogen-bond donors (Lipinski definition) is 1. The van der Waals surface area contributed by atoms with Crippen LogP contribution in [0.5, 0.6) is 0 Å². The Balaban J connectivity index is 1.49. The topological polar surface area (TPSA) is 65.1 Å². The molecule has 3 heterocycles. The number of nitrogens with one attached hydrogen (secondary N) is 1. The van der Waals surface area contributed by atoms with Gasteiger partial charge in [0.05, 0.1) is 6.20 Å². The third-order valence-corrected chi connectivity index (χ3v) is 4.06. The van der Waals surface area contributed by atoms with E-state index in [1.807, 2.05) is 30.3 Å². The predicted molar refractivity (Wildman–Crippen MR) is 84.7 cm³/mol. The molecule has 0 aliphatic carbocycles. The first kappa shape index (κ1) is 14.6. The van der Waals surface area contributed by atoms with Crippen LogP contribution in [0.4, 0.5) is 5.69 Å². The standard InChI is InChI=1S/C16H21N5O/c1-13-10-15(4-5-17-13)20-6-8-21(9-7-20)16(22)3-2-14-11-18-19-12-14/h4-5,10-12H,2-3,6-9H2,1H3,(H,18,19). The number of pyridine rings is 1. The summed E-state index contributed by atoms with van der Waals surface area (Å²) in [5.41, 5.74) is 3.30. The van der Waals surface area contributed by atoms with Crippen molar-refractivity contribution in [2.45, 2.75) is 19.8 Å². The van der Waals surface area contributed by atoms with Crippen LogP contribution in [-0.4, -0.2) is 52.2 Å². The van der Waals surface area contributed by atoms with Crippen molar-refractivity contribution in [2.24, 2.45) is 0 Å². The van der Waals surface area contributed by atoms with Crippen LogP contribution in [0, 0.1) is 6.92 Å². The van der Waals surface area contributed by atoms with Crippen LogP contribution in [0.15, 0.2) is 30.7 Å². The van der Waals surface area contributed by atoms with Gasteiger partial charge in [0.15, 0.2) is 0 Å². The van der Waals surface area contributed by atoms with Crippen LogP contribution in [0.3, 0.4) is 0 Å². The van der Waals surface area contributed by atoms with E-state index in [-0.39, 0.29) is 5.91 Å². The molecular weight excluding hydrogens is 278 g/mol. The highest BCUT2D eigenvalue weighted by molar-refractivity contribution is 5.76. The zero-order valence-electron chi connectivity index (χ0n) is 12.8. The molecule has 3 rings (SSSR count). The molecule has 6 nitrogen and oxygen atoms in total. The Morgan fingerprint density at radius 3 is 2.82 bits per heavy atom. The number of anilines is 1. The third-order valence-electron chi connectivity index (χ3n) is 4.06. The Morgan fingerprint density at radius 1 is 1.32 bits per heavy atom. The minimum absolute atomic E-state index is 0.228. The summed E-state index contributed by atoms with van der Waals surface area (Å²) in [4.78, 5) is 20.8. The first-order valence-corrected chi connectivity index (χ1v) is 7.65. The molecule has 1 amide bonds. The molecule has 1 aliphatic heterocycles. The average Bonchev–Trinajstić information content (AvgIpc) is 3.06. The Morgan fingerprint density at radius 2 is 2.14 bits per heavy atom. The Kier molecular flexibility index (Phi) is 4.37. The van der Waals surface area contributed by atoms with Crippen molar-refractivity contribution in [3.05, 3.63) is 42.0 Å². The second-order valence-electron chi connectivity index (χ2n) is 5.63. The smallest absolute Gasteiger partial charge is 0.223 e. The maximum Gasteiger partial charge on any atom is 0.223 e. The number of carbonyl (C=O) groups excluding carboxylic acids is 1. The fraction of sp³-hybridized carbons (Fsp3) is 0.438. The molecular formula is C16H21N5O. The van der Waals surface area contributed by atoms with Gasteiger partial charge in [-0.25, -0.2) is 0 Å². The first-order valence-electron chi connectivity index (χ1n) is 7.65. The van der Waals surface area contributed by atoms with Crippen molar-refractivity contribution >= 4 is 11.6 Å². The van der Waals surface area contributed by atoms with Crippen molar-refractivity contribution in [2.75, 3.05) is 31.1 Å². The van der Waals surface area contributed by atoms with Crippen molar-refractivity contribution in [1.82, 2.24) is 20.1 Å². The number of aromatic amines is 1. The van der Waals surface area contributed by atoms with E-state index in [9.17, 15) is 4.79 Å². The summed E-state index contributed by atoms with van der Waals surface area (Å²) in [5, 5.41) is 6.68. The summed E-state index contributed by atoms with van der Waals surface area (Å²) in [5.74, 6) is 0.228. The predicted octanol–water partition coefficient (Wildman–Crippen LogP) is 1.39. The first-order chi connectivity index (χ1) is 10.7. The third kappa shape index (κ3) is 3.44. The van der Waals surface area contributed by atoms with Gasteiger partial charge in [-0.1, -0.05) is 0 Å². The van der Waals surface area contributed by atoms with Gasteiger partial charge in [-0.2, -0.15) is 5.10 Å². The lowest BCUT2D eigenvalue weighted by Gasteiger charge is -2.36. The summed E-state index contributed by atoms with van der Waals surface area (Å²) in [6.07, 6.45) is 6.76. The molecule has 0 radical (unpaired) electrons. The van der Waals surface area contributed by atoms with Gasteiger partial charge >= 0.3 is 0 Å². The molecule has 116 valence electrons. The fourth-order valence-electron chi connectivity index (χ4n) is 2.77. The Labute approximate surface area is 130 Å². The summed E-state index contributed by atoms with van der Waals surface area (Å²) >= 11 is 0. The molecule has 0 bridgehead atoms. The number of amides is 1. The number of H-pyrrole nitrogens is 1. The molecule has 1 N–H and O–H groups in total. The lowest BCUT2D eigenvalue weighted by Crippen LogP contribution is -2.48. The number of rotatable bonds is 4. The number of aryl methyl sites for hydroxylation is 2. The van der Waals surface area contributed by atoms with Gasteiger partial charge in [-0.15, -0.1) is 0 Å². The second-order valence-corrected chi connectivity index (χ2v) is 5.63. The summed E-state index contributed by atoms with van der Waals surface area (Å²) in [6, 6.07) is 4.12. The van der Waals surface area contributed by atoms with Crippen LogP contribution in [0.25, 0.3) is 0 Å². The minimum atomic E-state index is 0.228. The molecule has 0 aromatic carbocycles. The van der Waals surface area contributed by atoms with Crippen LogP contribution in [0.1, 0.15) is 17.7 Å². The number of hydrogen-bond acceptors (Lipinski definition) is 4. The number of aromatic nitrogens is 3. The minimum Gasteiger partial charge on any atom is -0.368 e. The molecule has 1 saturated heterocycles. The molecule has 0 unspecified atom stereocenters. The highest BCUT2D eigenvalue weighted by Crippen LogP contribution is 2.17. The normalized spacial score (nSPS) is 15.1. The molecule has 0 atom stereocenters. The molecule has 0 spiro atoms. The van der Waals surface area contributed by atoms with Crippen LogP contribution in [-0.2, 0) is 11.2 Å². The van der Waals surface area contributed by atoms with Gasteiger partial charge in [0.1, 0.15) is 0 Å². The van der Waals surface area contributed by atoms with Crippen LogP contribution >= 0.6 is 0 Å². The van der Waals surface area contributed by atoms with E-state index in [0.717, 1.165) is 43.9 Å². The van der Waals surface area contributed by atoms with Crippen LogP contribution in [0.2, 0.25) is 0 Å². The van der Waals surface area contributed by atoms with Crippen molar-refractivity contribution in [3.8, 4) is 0 Å². The summed E-state index contributed by atoms with van der Waals surface area (Å²) in [6.45, 7) is 5.32. The van der Waals surface area contributed by atoms with Gasteiger partial charge < -0.3 is 9.80 Å². The molecule has 2 aromatic heterocycles. The highest BCUT2D eigenvalue weighted by Gasteiger charge is 2.21. The van der Waals surface area contributed by atoms with E-state index >= 15 is 0 Å². The van der Waals surface area contributed by atoms with E-state index in [0.29, 0.717) is 6.42 Å². The van der Waals surface area contributed by atoms with E-state index < -0.39 is 0 Å². The van der Waals surface area contributed by atoms with Crippen LogP contribution < -0.4 is 4.90 Å². The van der Waals surface area contributed by atoms with Gasteiger partial charge in [-0.05, 0) is 31.0 Å². The molecule has 1 aliphatic rings. The number of piperazine rings is 1. The second kappa shape index (κ2) is 6.60. The fourth-order valence-corrected chi connectivity index (χ4v) is 2.77. The number of carbonyl (C=O) groups is 1. The Bertz CT molecular complexity index is 617. The van der Waals surface area contributed by atoms with E-state index in [1.165, 1.54) is 5.69 Å². The summed E-state index contributed by atoms with van der Waals surface area (Å²) in [7, 11) is 0. The SMILES string of the molecule is Cc1cc(N2CCN(C(=O)CCc3cn[nH]c3)CC2)ccn1. The monoisotopic (exact) mass is 299 g/mol. The molecule has 1 fully saturated rings. The van der Waals surface area contributed by atoms with Crippen molar-refractivity contribution < 1.29 is 4.79 Å². The van der Waals surface area contributed by atoms with Gasteiger partial charge in [0.2, 0.25) is 5.91 Å². The highest BCUT2D eigenvalue weighted by atomic mass is 16.2. The zero-order chi connectivity index (χ0) is 15.4. The van der Waals surface area contributed by atoms with Gasteiger partial charge in [0.25, 0.3) is 0 Å². The lowest BCUT2D eigenvalue weighted by molar-refractivity contribution is -0.131. The van der Waals surface area contributed by atoms with E-state index in [2.05, 4.69) is 26.1 Å². The molecule has 22 heavy (non-hydrogen) atoms. The largest absolute Gasteiger partial charge is 0.368 e. The lowest BCUT2D eigenvalue weighted by atomic mass is 10.1. The Hall–Kier alpha value is -2.37. The number of nitrogens with zero attached hydrogens (tertiary/aromatic N) is 4. The maximum absolute atomic E-state index is 12.3. The summed E-state index contributed by atoms with van der Waals surface area (Å²) < 4.78 is 0. The zero-order valence-corrected chi connectivity index (χ0v) is 12.8. The maximum atomic E-state index is 12.3. The van der Waals surface area contributed by atoms with Gasteiger partial charge in [0, 0.05) is 56.4 Å². The van der Waals surface area contributed by atoms with E-state index in [1.54, 1.807) is 6.20 Å².